The topological polar surface area (TPSA) is 38.3 Å². The first-order valence-corrected chi connectivity index (χ1v) is 7.92. The molecule has 0 bridgehead atoms. The van der Waals surface area contributed by atoms with Gasteiger partial charge >= 0.3 is 0 Å². The van der Waals surface area contributed by atoms with E-state index in [1.165, 1.54) is 0 Å². The van der Waals surface area contributed by atoms with Crippen LogP contribution in [0.4, 0.5) is 0 Å². The summed E-state index contributed by atoms with van der Waals surface area (Å²) in [6, 6.07) is 15.3. The van der Waals surface area contributed by atoms with Gasteiger partial charge in [0.1, 0.15) is 5.75 Å². The molecule has 3 nitrogen and oxygen atoms in total. The molecule has 1 N–H and O–H groups in total. The minimum atomic E-state index is -0.0612. The van der Waals surface area contributed by atoms with Crippen molar-refractivity contribution in [1.29, 1.82) is 0 Å². The van der Waals surface area contributed by atoms with Crippen LogP contribution in [0.25, 0.3) is 0 Å². The number of nitrogens with one attached hydrogen (secondary N) is 1. The Balaban J connectivity index is 1.90. The van der Waals surface area contributed by atoms with Crippen molar-refractivity contribution in [3.05, 3.63) is 63.2 Å². The molecule has 2 aromatic carbocycles. The van der Waals surface area contributed by atoms with E-state index in [1.54, 1.807) is 0 Å². The van der Waals surface area contributed by atoms with Crippen molar-refractivity contribution in [2.75, 3.05) is 0 Å². The maximum Gasteiger partial charge on any atom is 0.251 e. The van der Waals surface area contributed by atoms with Crippen LogP contribution in [0.15, 0.2) is 48.5 Å². The molecule has 0 aliphatic rings. The molecule has 0 aliphatic carbocycles. The second kappa shape index (κ2) is 7.45. The van der Waals surface area contributed by atoms with Gasteiger partial charge in [-0.2, -0.15) is 0 Å². The summed E-state index contributed by atoms with van der Waals surface area (Å²) in [5, 5.41) is 2.91. The molecule has 2 rings (SSSR count). The molecule has 0 heterocycles. The predicted octanol–water partition coefficient (Wildman–Crippen LogP) is 4.01. The maximum absolute atomic E-state index is 12.0. The highest BCUT2D eigenvalue weighted by atomic mass is 127. The summed E-state index contributed by atoms with van der Waals surface area (Å²) in [6.07, 6.45) is 0.163. The molecule has 0 aromatic heterocycles. The Bertz CT molecular complexity index is 591. The Hall–Kier alpha value is -1.56. The molecule has 21 heavy (non-hydrogen) atoms. The molecule has 0 atom stereocenters. The summed E-state index contributed by atoms with van der Waals surface area (Å²) in [5.41, 5.74) is 1.72. The molecule has 0 radical (unpaired) electrons. The monoisotopic (exact) mass is 395 g/mol. The van der Waals surface area contributed by atoms with Gasteiger partial charge in [-0.3, -0.25) is 4.79 Å². The minimum absolute atomic E-state index is 0.0612. The number of ether oxygens (including phenoxy) is 1. The highest BCUT2D eigenvalue weighted by Crippen LogP contribution is 2.14. The van der Waals surface area contributed by atoms with Crippen LogP contribution in [0.1, 0.15) is 29.8 Å². The van der Waals surface area contributed by atoms with Gasteiger partial charge in [-0.15, -0.1) is 0 Å². The molecule has 2 aromatic rings. The van der Waals surface area contributed by atoms with Gasteiger partial charge in [0.15, 0.2) is 0 Å². The van der Waals surface area contributed by atoms with Gasteiger partial charge in [-0.1, -0.05) is 12.1 Å². The van der Waals surface area contributed by atoms with Crippen LogP contribution in [-0.2, 0) is 6.54 Å². The highest BCUT2D eigenvalue weighted by molar-refractivity contribution is 14.1. The molecular weight excluding hydrogens is 377 g/mol. The summed E-state index contributed by atoms with van der Waals surface area (Å²) in [7, 11) is 0. The summed E-state index contributed by atoms with van der Waals surface area (Å²) >= 11 is 2.22. The van der Waals surface area contributed by atoms with Crippen molar-refractivity contribution in [2.24, 2.45) is 0 Å². The maximum atomic E-state index is 12.0. The van der Waals surface area contributed by atoms with Crippen LogP contribution >= 0.6 is 22.6 Å². The first kappa shape index (κ1) is 15.8. The lowest BCUT2D eigenvalue weighted by atomic mass is 10.2. The third-order valence-electron chi connectivity index (χ3n) is 2.85. The number of benzene rings is 2. The van der Waals surface area contributed by atoms with Crippen LogP contribution in [-0.4, -0.2) is 12.0 Å². The van der Waals surface area contributed by atoms with E-state index in [2.05, 4.69) is 27.9 Å². The van der Waals surface area contributed by atoms with Crippen LogP contribution in [0, 0.1) is 3.57 Å². The number of carbonyl (C=O) groups is 1. The Labute approximate surface area is 138 Å². The van der Waals surface area contributed by atoms with Gasteiger partial charge < -0.3 is 10.1 Å². The summed E-state index contributed by atoms with van der Waals surface area (Å²) in [4.78, 5) is 12.0. The lowest BCUT2D eigenvalue weighted by molar-refractivity contribution is 0.0951. The Morgan fingerprint density at radius 2 is 1.71 bits per heavy atom. The van der Waals surface area contributed by atoms with Crippen LogP contribution < -0.4 is 10.1 Å². The lowest BCUT2D eigenvalue weighted by Crippen LogP contribution is -2.22. The Morgan fingerprint density at radius 3 is 2.29 bits per heavy atom. The number of amides is 1. The quantitative estimate of drug-likeness (QED) is 0.778. The second-order valence-corrected chi connectivity index (χ2v) is 6.25. The first-order chi connectivity index (χ1) is 10.0. The van der Waals surface area contributed by atoms with Crippen LogP contribution in [0.3, 0.4) is 0 Å². The van der Waals surface area contributed by atoms with E-state index in [0.717, 1.165) is 14.9 Å². The highest BCUT2D eigenvalue weighted by Gasteiger charge is 2.05. The Morgan fingerprint density at radius 1 is 1.10 bits per heavy atom. The number of carbonyl (C=O) groups excluding carboxylic acids is 1. The molecule has 0 spiro atoms. The van der Waals surface area contributed by atoms with Crippen molar-refractivity contribution in [3.8, 4) is 5.75 Å². The molecule has 0 fully saturated rings. The fourth-order valence-corrected chi connectivity index (χ4v) is 2.20. The SMILES string of the molecule is CC(C)Oc1ccc(CNC(=O)c2ccc(I)cc2)cc1. The van der Waals surface area contributed by atoms with E-state index in [9.17, 15) is 4.79 Å². The molecular formula is C17H18INO2. The van der Waals surface area contributed by atoms with Gasteiger partial charge in [0.25, 0.3) is 5.91 Å². The zero-order valence-electron chi connectivity index (χ0n) is 12.1. The first-order valence-electron chi connectivity index (χ1n) is 6.84. The number of halogens is 1. The average Bonchev–Trinajstić information content (AvgIpc) is 2.46. The minimum Gasteiger partial charge on any atom is -0.491 e. The lowest BCUT2D eigenvalue weighted by Gasteiger charge is -2.10. The zero-order chi connectivity index (χ0) is 15.2. The third kappa shape index (κ3) is 5.04. The molecule has 0 unspecified atom stereocenters. The smallest absolute Gasteiger partial charge is 0.251 e. The van der Waals surface area contributed by atoms with E-state index >= 15 is 0 Å². The van der Waals surface area contributed by atoms with Gasteiger partial charge in [-0.25, -0.2) is 0 Å². The average molecular weight is 395 g/mol. The van der Waals surface area contributed by atoms with Crippen molar-refractivity contribution >= 4 is 28.5 Å². The third-order valence-corrected chi connectivity index (χ3v) is 3.57. The summed E-state index contributed by atoms with van der Waals surface area (Å²) < 4.78 is 6.70. The van der Waals surface area contributed by atoms with Crippen molar-refractivity contribution in [2.45, 2.75) is 26.5 Å². The number of hydrogen-bond acceptors (Lipinski definition) is 2. The fourth-order valence-electron chi connectivity index (χ4n) is 1.84. The van der Waals surface area contributed by atoms with E-state index in [-0.39, 0.29) is 12.0 Å². The van der Waals surface area contributed by atoms with E-state index in [0.29, 0.717) is 12.1 Å². The molecule has 110 valence electrons. The largest absolute Gasteiger partial charge is 0.491 e. The normalized spacial score (nSPS) is 10.5. The van der Waals surface area contributed by atoms with Crippen LogP contribution in [0.5, 0.6) is 5.75 Å². The fraction of sp³-hybridized carbons (Fsp3) is 0.235. The van der Waals surface area contributed by atoms with E-state index in [1.807, 2.05) is 62.4 Å². The number of rotatable bonds is 5. The molecule has 4 heteroatoms. The van der Waals surface area contributed by atoms with Gasteiger partial charge in [0.05, 0.1) is 6.10 Å². The molecule has 0 saturated carbocycles. The van der Waals surface area contributed by atoms with Gasteiger partial charge in [0, 0.05) is 15.7 Å². The molecule has 0 aliphatic heterocycles. The summed E-state index contributed by atoms with van der Waals surface area (Å²) in [5.74, 6) is 0.784. The molecule has 1 amide bonds. The van der Waals surface area contributed by atoms with Crippen molar-refractivity contribution < 1.29 is 9.53 Å². The number of hydrogen-bond donors (Lipinski definition) is 1. The van der Waals surface area contributed by atoms with E-state index in [4.69, 9.17) is 4.74 Å². The Kier molecular flexibility index (Phi) is 5.61. The predicted molar refractivity (Wildman–Crippen MR) is 92.5 cm³/mol. The molecule has 0 saturated heterocycles. The van der Waals surface area contributed by atoms with Gasteiger partial charge in [0.2, 0.25) is 0 Å². The summed E-state index contributed by atoms with van der Waals surface area (Å²) in [6.45, 7) is 4.50. The second-order valence-electron chi connectivity index (χ2n) is 5.00. The van der Waals surface area contributed by atoms with Crippen LogP contribution in [0.2, 0.25) is 0 Å². The van der Waals surface area contributed by atoms with Crippen molar-refractivity contribution in [1.82, 2.24) is 5.32 Å². The van der Waals surface area contributed by atoms with Gasteiger partial charge in [-0.05, 0) is 78.4 Å². The standard InChI is InChI=1S/C17H18INO2/c1-12(2)21-16-9-3-13(4-10-16)11-19-17(20)14-5-7-15(18)8-6-14/h3-10,12H,11H2,1-2H3,(H,19,20). The van der Waals surface area contributed by atoms with E-state index < -0.39 is 0 Å². The van der Waals surface area contributed by atoms with Crippen molar-refractivity contribution in [3.63, 3.8) is 0 Å². The zero-order valence-corrected chi connectivity index (χ0v) is 14.3.